The van der Waals surface area contributed by atoms with Crippen molar-refractivity contribution in [3.8, 4) is 0 Å². The molecule has 14 nitrogen and oxygen atoms in total. The second-order valence-corrected chi connectivity index (χ2v) is 20.9. The number of ether oxygens (including phenoxy) is 4. The van der Waals surface area contributed by atoms with E-state index in [4.69, 9.17) is 18.9 Å². The van der Waals surface area contributed by atoms with E-state index in [9.17, 15) is 51.1 Å². The van der Waals surface area contributed by atoms with E-state index in [1.54, 1.807) is 0 Å². The van der Waals surface area contributed by atoms with E-state index < -0.39 is 121 Å². The number of allylic oxidation sites excluding steroid dienone is 2. The quantitative estimate of drug-likeness (QED) is 0.126. The van der Waals surface area contributed by atoms with Crippen LogP contribution in [0.3, 0.4) is 0 Å². The van der Waals surface area contributed by atoms with Crippen molar-refractivity contribution in [2.45, 2.75) is 180 Å². The lowest BCUT2D eigenvalue weighted by Gasteiger charge is -2.73. The molecular weight excluding hydrogens is 728 g/mol. The van der Waals surface area contributed by atoms with Crippen LogP contribution in [0.25, 0.3) is 0 Å². The van der Waals surface area contributed by atoms with E-state index in [0.29, 0.717) is 25.7 Å². The topological polar surface area (TPSA) is 239 Å². The molecule has 4 saturated carbocycles. The van der Waals surface area contributed by atoms with Gasteiger partial charge in [-0.25, -0.2) is 0 Å². The summed E-state index contributed by atoms with van der Waals surface area (Å²) < 4.78 is 24.9. The fourth-order valence-corrected chi connectivity index (χ4v) is 13.8. The maximum absolute atomic E-state index is 12.6. The number of aliphatic hydroxyl groups excluding tert-OH is 10. The van der Waals surface area contributed by atoms with Gasteiger partial charge in [0.15, 0.2) is 12.6 Å². The first kappa shape index (κ1) is 43.3. The molecule has 0 amide bonds. The van der Waals surface area contributed by atoms with Gasteiger partial charge in [0, 0.05) is 16.7 Å². The predicted octanol–water partition coefficient (Wildman–Crippen LogP) is 0.731. The predicted molar refractivity (Wildman–Crippen MR) is 200 cm³/mol. The average Bonchev–Trinajstić information content (AvgIpc) is 3.14. The lowest BCUT2D eigenvalue weighted by atomic mass is 9.33. The summed E-state index contributed by atoms with van der Waals surface area (Å²) in [5, 5.41) is 108. The first-order chi connectivity index (χ1) is 26.1. The van der Waals surface area contributed by atoms with Crippen LogP contribution in [0.5, 0.6) is 0 Å². The lowest BCUT2D eigenvalue weighted by molar-refractivity contribution is -0.341. The van der Waals surface area contributed by atoms with Crippen LogP contribution in [0, 0.1) is 50.2 Å². The van der Waals surface area contributed by atoms with Crippen molar-refractivity contribution < 1.29 is 70.0 Å². The van der Waals surface area contributed by atoms with Gasteiger partial charge in [-0.3, -0.25) is 0 Å². The Bertz CT molecular complexity index is 1470. The zero-order valence-electron chi connectivity index (χ0n) is 34.2. The Balaban J connectivity index is 1.23. The van der Waals surface area contributed by atoms with Gasteiger partial charge >= 0.3 is 0 Å². The Morgan fingerprint density at radius 2 is 1.20 bits per heavy atom. The van der Waals surface area contributed by atoms with Gasteiger partial charge in [0.2, 0.25) is 0 Å². The van der Waals surface area contributed by atoms with E-state index >= 15 is 0 Å². The van der Waals surface area contributed by atoms with Crippen LogP contribution >= 0.6 is 0 Å². The van der Waals surface area contributed by atoms with E-state index in [1.165, 1.54) is 5.57 Å². The van der Waals surface area contributed by atoms with Gasteiger partial charge in [-0.05, 0) is 84.9 Å². The highest BCUT2D eigenvalue weighted by Crippen LogP contribution is 2.76. The first-order valence-electron chi connectivity index (χ1n) is 21.0. The molecule has 0 aromatic heterocycles. The monoisotopic (exact) mass is 798 g/mol. The Hall–Kier alpha value is -0.820. The lowest BCUT2D eigenvalue weighted by Crippen LogP contribution is -2.71. The van der Waals surface area contributed by atoms with Crippen molar-refractivity contribution in [1.29, 1.82) is 0 Å². The normalized spacial score (nSPS) is 56.9. The molecule has 0 unspecified atom stereocenters. The maximum Gasteiger partial charge on any atom is 0.186 e. The Morgan fingerprint density at radius 3 is 1.73 bits per heavy atom. The molecular formula is C42H70O14. The van der Waals surface area contributed by atoms with Gasteiger partial charge < -0.3 is 70.0 Å². The van der Waals surface area contributed by atoms with Crippen LogP contribution in [-0.2, 0) is 18.9 Å². The molecule has 0 radical (unpaired) electrons. The third-order valence-corrected chi connectivity index (χ3v) is 17.4. The average molecular weight is 799 g/mol. The second kappa shape index (κ2) is 14.7. The number of hydrogen-bond donors (Lipinski definition) is 10. The van der Waals surface area contributed by atoms with Crippen LogP contribution in [0.2, 0.25) is 0 Å². The van der Waals surface area contributed by atoms with Crippen molar-refractivity contribution in [3.05, 3.63) is 11.6 Å². The SMILES string of the molecule is CC1(C)CC[C@]2(C)[C@@H](O[C@@H]3O[C@H](CO)[C@@H](O)[C@H](O)[C@H]3O)C[C@]3(C)C(=CC[C@@H]4[C@@]5(C)CC[C@H](O[C@@H]6O[C@H](CO)[C@@H](O)[C@H](O)[C@H]6O)[C@@](C)(CO)[C@@H]5[C@H](O)C[C@]43C)[C@H]2C1. The summed E-state index contributed by atoms with van der Waals surface area (Å²) in [6, 6.07) is 0. The van der Waals surface area contributed by atoms with Gasteiger partial charge in [0.1, 0.15) is 48.8 Å². The van der Waals surface area contributed by atoms with Gasteiger partial charge in [-0.2, -0.15) is 0 Å². The molecule has 0 bridgehead atoms. The van der Waals surface area contributed by atoms with Crippen LogP contribution < -0.4 is 0 Å². The second-order valence-electron chi connectivity index (χ2n) is 20.9. The highest BCUT2D eigenvalue weighted by Gasteiger charge is 2.72. The molecule has 0 aromatic carbocycles. The molecule has 21 atom stereocenters. The van der Waals surface area contributed by atoms with Crippen molar-refractivity contribution >= 4 is 0 Å². The van der Waals surface area contributed by atoms with Gasteiger partial charge in [-0.15, -0.1) is 0 Å². The molecule has 5 aliphatic carbocycles. The minimum Gasteiger partial charge on any atom is -0.396 e. The number of rotatable bonds is 7. The van der Waals surface area contributed by atoms with Crippen LogP contribution in [-0.4, -0.2) is 151 Å². The highest BCUT2D eigenvalue weighted by atomic mass is 16.7. The van der Waals surface area contributed by atoms with Crippen molar-refractivity contribution in [2.24, 2.45) is 50.2 Å². The fraction of sp³-hybridized carbons (Fsp3) is 0.952. The number of fused-ring (bicyclic) bond motifs is 7. The standard InChI is InChI=1S/C42H70O14/c1-37(2)12-13-38(3)21(14-37)20-8-9-25-39(4)11-10-26(55-35-32(51)30(49)28(47)23(17-43)53-35)40(5,19-45)34(39)22(46)15-42(25,7)41(20,6)16-27(38)56-36-33(52)31(50)29(48)24(18-44)54-36/h8,21-36,43-52H,9-19H2,1-7H3/t21-,22-,23-,24-,25-,26+,27+,28-,29-,30+,31+,32-,33-,34-,35+,36+,38+,39-,40-,41-,42-/m1/s1. The van der Waals surface area contributed by atoms with Gasteiger partial charge in [-0.1, -0.05) is 60.1 Å². The minimum atomic E-state index is -1.61. The zero-order chi connectivity index (χ0) is 41.1. The van der Waals surface area contributed by atoms with Crippen molar-refractivity contribution in [1.82, 2.24) is 0 Å². The summed E-state index contributed by atoms with van der Waals surface area (Å²) in [6.07, 6.45) is -8.10. The molecule has 2 saturated heterocycles. The van der Waals surface area contributed by atoms with Crippen LogP contribution in [0.4, 0.5) is 0 Å². The zero-order valence-corrected chi connectivity index (χ0v) is 34.2. The summed E-state index contributed by atoms with van der Waals surface area (Å²) in [5.41, 5.74) is -1.34. The molecule has 14 heteroatoms. The summed E-state index contributed by atoms with van der Waals surface area (Å²) in [7, 11) is 0. The van der Waals surface area contributed by atoms with Gasteiger partial charge in [0.05, 0.1) is 38.1 Å². The third kappa shape index (κ3) is 6.25. The minimum absolute atomic E-state index is 0.0557. The smallest absolute Gasteiger partial charge is 0.186 e. The first-order valence-corrected chi connectivity index (χ1v) is 21.0. The molecule has 7 rings (SSSR count). The Kier molecular flexibility index (Phi) is 11.3. The van der Waals surface area contributed by atoms with E-state index in [0.717, 1.165) is 25.7 Å². The van der Waals surface area contributed by atoms with E-state index in [-0.39, 0.29) is 29.3 Å². The summed E-state index contributed by atoms with van der Waals surface area (Å²) in [5.74, 6) is -0.250. The molecule has 2 heterocycles. The van der Waals surface area contributed by atoms with E-state index in [2.05, 4.69) is 47.6 Å². The molecule has 6 fully saturated rings. The molecule has 322 valence electrons. The van der Waals surface area contributed by atoms with Crippen molar-refractivity contribution in [2.75, 3.05) is 19.8 Å². The summed E-state index contributed by atoms with van der Waals surface area (Å²) >= 11 is 0. The molecule has 10 N–H and O–H groups in total. The molecule has 0 aromatic rings. The molecule has 2 aliphatic heterocycles. The number of aliphatic hydroxyl groups is 10. The van der Waals surface area contributed by atoms with Crippen molar-refractivity contribution in [3.63, 3.8) is 0 Å². The van der Waals surface area contributed by atoms with E-state index in [1.807, 2.05) is 6.92 Å². The summed E-state index contributed by atoms with van der Waals surface area (Å²) in [6.45, 7) is 14.1. The Labute approximate surface area is 330 Å². The molecule has 7 aliphatic rings. The van der Waals surface area contributed by atoms with Gasteiger partial charge in [0.25, 0.3) is 0 Å². The molecule has 0 spiro atoms. The summed E-state index contributed by atoms with van der Waals surface area (Å²) in [4.78, 5) is 0. The largest absolute Gasteiger partial charge is 0.396 e. The number of hydrogen-bond acceptors (Lipinski definition) is 14. The maximum atomic E-state index is 12.6. The van der Waals surface area contributed by atoms with Crippen LogP contribution in [0.1, 0.15) is 99.8 Å². The van der Waals surface area contributed by atoms with Crippen LogP contribution in [0.15, 0.2) is 11.6 Å². The Morgan fingerprint density at radius 1 is 0.643 bits per heavy atom. The molecule has 56 heavy (non-hydrogen) atoms. The third-order valence-electron chi connectivity index (χ3n) is 17.4. The highest BCUT2D eigenvalue weighted by molar-refractivity contribution is 5.35. The fourth-order valence-electron chi connectivity index (χ4n) is 13.8.